The number of carbonyl (C=O) groups is 4. The Bertz CT molecular complexity index is 1560. The third kappa shape index (κ3) is 4.18. The number of carboxylic acids is 1. The summed E-state index contributed by atoms with van der Waals surface area (Å²) in [4.78, 5) is 54.4. The molecule has 0 saturated carbocycles. The molecule has 2 aliphatic rings. The van der Waals surface area contributed by atoms with Crippen molar-refractivity contribution in [2.75, 3.05) is 18.5 Å². The van der Waals surface area contributed by atoms with Gasteiger partial charge in [-0.05, 0) is 6.07 Å². The molecular formula is C20H18N10O6S2. The van der Waals surface area contributed by atoms with Gasteiger partial charge in [0, 0.05) is 36.0 Å². The lowest BCUT2D eigenvalue weighted by atomic mass is 10.0. The number of anilines is 1. The van der Waals surface area contributed by atoms with Gasteiger partial charge >= 0.3 is 5.65 Å². The van der Waals surface area contributed by atoms with Crippen molar-refractivity contribution in [3.8, 4) is 0 Å². The molecule has 5 N–H and O–H groups in total. The second-order valence-corrected chi connectivity index (χ2v) is 9.92. The second kappa shape index (κ2) is 9.71. The van der Waals surface area contributed by atoms with Crippen molar-refractivity contribution in [2.24, 2.45) is 5.16 Å². The van der Waals surface area contributed by atoms with E-state index in [1.54, 1.807) is 23.0 Å². The Morgan fingerprint density at radius 2 is 2.16 bits per heavy atom. The third-order valence-corrected chi connectivity index (χ3v) is 7.72. The number of β-lactam (4-membered cyclic amide) rings is 1. The van der Waals surface area contributed by atoms with Crippen molar-refractivity contribution < 1.29 is 34.1 Å². The van der Waals surface area contributed by atoms with Gasteiger partial charge in [-0.1, -0.05) is 10.3 Å². The number of nitrogens with one attached hydrogen (secondary N) is 2. The first-order valence-corrected chi connectivity index (χ1v) is 12.7. The fourth-order valence-electron chi connectivity index (χ4n) is 4.10. The molecule has 3 aromatic heterocycles. The zero-order valence-electron chi connectivity index (χ0n) is 19.4. The van der Waals surface area contributed by atoms with E-state index in [1.165, 1.54) is 29.4 Å². The van der Waals surface area contributed by atoms with Crippen LogP contribution in [0.4, 0.5) is 5.13 Å². The molecule has 0 aliphatic carbocycles. The van der Waals surface area contributed by atoms with Gasteiger partial charge in [-0.2, -0.15) is 9.36 Å². The van der Waals surface area contributed by atoms with Gasteiger partial charge in [-0.15, -0.1) is 16.3 Å². The lowest BCUT2D eigenvalue weighted by Gasteiger charge is -2.50. The molecule has 16 nitrogen and oxygen atoms in total. The van der Waals surface area contributed by atoms with Crippen molar-refractivity contribution in [1.29, 1.82) is 0 Å². The lowest BCUT2D eigenvalue weighted by molar-refractivity contribution is -0.662. The molecule has 0 radical (unpaired) electrons. The normalized spacial score (nSPS) is 19.2. The molecule has 196 valence electrons. The number of nitrogens with zero attached hydrogens (tertiary/aromatic N) is 7. The maximum absolute atomic E-state index is 13.0. The molecule has 1 fully saturated rings. The van der Waals surface area contributed by atoms with Gasteiger partial charge in [0.25, 0.3) is 17.7 Å². The van der Waals surface area contributed by atoms with Gasteiger partial charge in [-0.3, -0.25) is 19.3 Å². The molecule has 0 aromatic carbocycles. The van der Waals surface area contributed by atoms with Crippen molar-refractivity contribution >= 4 is 63.5 Å². The van der Waals surface area contributed by atoms with Crippen LogP contribution in [0, 0.1) is 0 Å². The zero-order chi connectivity index (χ0) is 27.1. The van der Waals surface area contributed by atoms with E-state index in [0.717, 1.165) is 16.4 Å². The number of carboxylic acid groups (broad SMARTS) is 1. The van der Waals surface area contributed by atoms with E-state index < -0.39 is 34.9 Å². The Morgan fingerprint density at radius 3 is 2.82 bits per heavy atom. The summed E-state index contributed by atoms with van der Waals surface area (Å²) in [5, 5.41) is 32.8. The van der Waals surface area contributed by atoms with Gasteiger partial charge in [0.05, 0.1) is 11.7 Å². The number of hydrogen-bond donors (Lipinski definition) is 4. The molecule has 38 heavy (non-hydrogen) atoms. The molecule has 0 unspecified atom stereocenters. The van der Waals surface area contributed by atoms with Gasteiger partial charge in [0.1, 0.15) is 24.2 Å². The predicted molar refractivity (Wildman–Crippen MR) is 128 cm³/mol. The number of imidazole rings is 1. The second-order valence-electron chi connectivity index (χ2n) is 8.03. The Kier molecular flexibility index (Phi) is 6.41. The number of fused-ring (bicyclic) bond motifs is 2. The first kappa shape index (κ1) is 25.1. The molecule has 3 aromatic rings. The van der Waals surface area contributed by atoms with E-state index >= 15 is 0 Å². The van der Waals surface area contributed by atoms with Gasteiger partial charge in [0.15, 0.2) is 17.0 Å². The maximum atomic E-state index is 13.0. The molecule has 0 spiro atoms. The van der Waals surface area contributed by atoms with Crippen LogP contribution in [0.1, 0.15) is 16.3 Å². The molecule has 2 aliphatic heterocycles. The van der Waals surface area contributed by atoms with Gasteiger partial charge in [-0.25, -0.2) is 4.57 Å². The average Bonchev–Trinajstić information content (AvgIpc) is 3.52. The van der Waals surface area contributed by atoms with E-state index in [4.69, 9.17) is 5.73 Å². The van der Waals surface area contributed by atoms with Crippen molar-refractivity contribution in [2.45, 2.75) is 18.0 Å². The fourth-order valence-corrected chi connectivity index (χ4v) is 5.87. The number of oxime groups is 1. The number of nitrogens with two attached hydrogens (primary N) is 1. The minimum absolute atomic E-state index is 0.0514. The monoisotopic (exact) mass is 558 g/mol. The maximum Gasteiger partial charge on any atom is 0.307 e. The lowest BCUT2D eigenvalue weighted by Crippen LogP contribution is -2.71. The van der Waals surface area contributed by atoms with Crippen LogP contribution in [0.25, 0.3) is 5.65 Å². The van der Waals surface area contributed by atoms with Crippen LogP contribution < -0.4 is 26.0 Å². The predicted octanol–water partition coefficient (Wildman–Crippen LogP) is -3.30. The number of thioether (sulfide) groups is 1. The van der Waals surface area contributed by atoms with Crippen LogP contribution in [0.15, 0.2) is 41.0 Å². The van der Waals surface area contributed by atoms with Gasteiger partial charge < -0.3 is 31.5 Å². The SMILES string of the molecule is CNC(=O)c1ccc2n(cc[n+]2CC2=C(C(=O)[O-])N3C(=O)[C@@H](NC(=O)/C(=N\O)c4nsc(N)n4)[C@H]3SC2)n1. The van der Waals surface area contributed by atoms with Crippen molar-refractivity contribution in [1.82, 2.24) is 34.5 Å². The minimum Gasteiger partial charge on any atom is -0.543 e. The highest BCUT2D eigenvalue weighted by Crippen LogP contribution is 2.40. The molecule has 2 atom stereocenters. The van der Waals surface area contributed by atoms with Crippen LogP contribution in [0.5, 0.6) is 0 Å². The molecule has 3 amide bonds. The molecular weight excluding hydrogens is 540 g/mol. The highest BCUT2D eigenvalue weighted by atomic mass is 32.2. The van der Waals surface area contributed by atoms with E-state index in [1.807, 2.05) is 0 Å². The minimum atomic E-state index is -1.53. The fraction of sp³-hybridized carbons (Fsp3) is 0.250. The number of aromatic nitrogens is 5. The van der Waals surface area contributed by atoms with Crippen LogP contribution in [-0.4, -0.2) is 82.7 Å². The molecule has 18 heteroatoms. The Balaban J connectivity index is 1.36. The van der Waals surface area contributed by atoms with Gasteiger partial charge in [0.2, 0.25) is 11.5 Å². The first-order chi connectivity index (χ1) is 18.2. The summed E-state index contributed by atoms with van der Waals surface area (Å²) in [5.41, 5.74) is 5.89. The summed E-state index contributed by atoms with van der Waals surface area (Å²) >= 11 is 2.05. The Morgan fingerprint density at radius 1 is 1.37 bits per heavy atom. The summed E-state index contributed by atoms with van der Waals surface area (Å²) < 4.78 is 7.01. The number of amides is 3. The summed E-state index contributed by atoms with van der Waals surface area (Å²) in [7, 11) is 1.49. The van der Waals surface area contributed by atoms with Crippen LogP contribution in [0.3, 0.4) is 0 Å². The Labute approximate surface area is 221 Å². The number of carbonyl (C=O) groups excluding carboxylic acids is 4. The third-order valence-electron chi connectivity index (χ3n) is 5.84. The smallest absolute Gasteiger partial charge is 0.307 e. The van der Waals surface area contributed by atoms with E-state index in [-0.39, 0.29) is 40.6 Å². The summed E-state index contributed by atoms with van der Waals surface area (Å²) in [6.07, 6.45) is 3.29. The summed E-state index contributed by atoms with van der Waals surface area (Å²) in [6, 6.07) is 2.13. The largest absolute Gasteiger partial charge is 0.543 e. The molecule has 5 heterocycles. The highest BCUT2D eigenvalue weighted by molar-refractivity contribution is 8.00. The number of nitrogen functional groups attached to an aromatic ring is 1. The average molecular weight is 559 g/mol. The summed E-state index contributed by atoms with van der Waals surface area (Å²) in [6.45, 7) is 0.111. The number of hydrogen-bond acceptors (Lipinski definition) is 13. The van der Waals surface area contributed by atoms with Crippen molar-refractivity contribution in [3.63, 3.8) is 0 Å². The van der Waals surface area contributed by atoms with Crippen LogP contribution in [-0.2, 0) is 20.9 Å². The van der Waals surface area contributed by atoms with E-state index in [2.05, 4.69) is 30.2 Å². The van der Waals surface area contributed by atoms with Crippen LogP contribution >= 0.6 is 23.3 Å². The zero-order valence-corrected chi connectivity index (χ0v) is 21.0. The first-order valence-electron chi connectivity index (χ1n) is 10.8. The topological polar surface area (TPSA) is 224 Å². The summed E-state index contributed by atoms with van der Waals surface area (Å²) in [5.74, 6) is -3.46. The molecule has 5 rings (SSSR count). The number of rotatable bonds is 7. The van der Waals surface area contributed by atoms with Crippen molar-refractivity contribution in [3.05, 3.63) is 47.3 Å². The van der Waals surface area contributed by atoms with Crippen LogP contribution in [0.2, 0.25) is 0 Å². The van der Waals surface area contributed by atoms with E-state index in [9.17, 15) is 29.5 Å². The standard InChI is InChI=1S/C20H18N10O6S2/c1-22-15(31)9-2-3-10-28(4-5-29(10)25-9)6-8-7-37-18-12(17(33)30(18)13(8)19(34)35)23-16(32)11(26-36)14-24-20(21)38-27-14/h2-5,12,18H,6-7H2,1H3,(H5-,21,22,23,24,27,31,32,34,35,36)/t12-,18-/m1/s1. The Hall–Kier alpha value is -4.58. The quantitative estimate of drug-likeness (QED) is 0.0738. The highest BCUT2D eigenvalue weighted by Gasteiger charge is 2.53. The molecule has 1 saturated heterocycles. The number of aliphatic carboxylic acids is 1. The van der Waals surface area contributed by atoms with E-state index in [0.29, 0.717) is 11.2 Å². The molecule has 0 bridgehead atoms.